The van der Waals surface area contributed by atoms with Crippen LogP contribution in [0.5, 0.6) is 0 Å². The Morgan fingerprint density at radius 2 is 1.84 bits per heavy atom. The van der Waals surface area contributed by atoms with Crippen LogP contribution in [0.15, 0.2) is 18.5 Å². The number of carbonyl (C=O) groups excluding carboxylic acids is 3. The first-order valence-corrected chi connectivity index (χ1v) is 10.8. The average molecular weight is 446 g/mol. The van der Waals surface area contributed by atoms with Gasteiger partial charge in [0.1, 0.15) is 6.04 Å². The lowest BCUT2D eigenvalue weighted by molar-refractivity contribution is -0.136. The van der Waals surface area contributed by atoms with E-state index in [9.17, 15) is 14.4 Å². The van der Waals surface area contributed by atoms with Crippen molar-refractivity contribution in [3.63, 3.8) is 0 Å². The number of piperazine rings is 1. The molecule has 3 rings (SSSR count). The fraction of sp³-hybridized carbons (Fsp3) is 0.571. The molecule has 11 nitrogen and oxygen atoms in total. The maximum atomic E-state index is 12.9. The first-order chi connectivity index (χ1) is 15.3. The predicted octanol–water partition coefficient (Wildman–Crippen LogP) is 1.59. The maximum absolute atomic E-state index is 12.9. The van der Waals surface area contributed by atoms with Crippen LogP contribution in [0.25, 0.3) is 0 Å². The highest BCUT2D eigenvalue weighted by molar-refractivity contribution is 5.91. The molecule has 3 heterocycles. The molecule has 1 aliphatic heterocycles. The third-order valence-electron chi connectivity index (χ3n) is 5.54. The molecule has 0 radical (unpaired) electrons. The zero-order valence-electron chi connectivity index (χ0n) is 19.1. The Kier molecular flexibility index (Phi) is 7.49. The summed E-state index contributed by atoms with van der Waals surface area (Å²) >= 11 is 0. The summed E-state index contributed by atoms with van der Waals surface area (Å²) in [7, 11) is 0. The van der Waals surface area contributed by atoms with Gasteiger partial charge >= 0.3 is 6.09 Å². The molecule has 0 spiro atoms. The van der Waals surface area contributed by atoms with Crippen molar-refractivity contribution in [2.24, 2.45) is 0 Å². The van der Waals surface area contributed by atoms with E-state index in [-0.39, 0.29) is 24.3 Å². The summed E-state index contributed by atoms with van der Waals surface area (Å²) in [6.45, 7) is 9.85. The third kappa shape index (κ3) is 5.45. The zero-order valence-corrected chi connectivity index (χ0v) is 19.1. The third-order valence-corrected chi connectivity index (χ3v) is 5.54. The van der Waals surface area contributed by atoms with Gasteiger partial charge in [-0.3, -0.25) is 19.0 Å². The quantitative estimate of drug-likeness (QED) is 0.692. The number of hydrogen-bond donors (Lipinski definition) is 1. The van der Waals surface area contributed by atoms with Crippen molar-refractivity contribution < 1.29 is 19.1 Å². The normalized spacial score (nSPS) is 14.9. The van der Waals surface area contributed by atoms with Gasteiger partial charge in [-0.15, -0.1) is 0 Å². The van der Waals surface area contributed by atoms with Crippen molar-refractivity contribution in [2.75, 3.05) is 38.1 Å². The van der Waals surface area contributed by atoms with Crippen LogP contribution < -0.4 is 5.32 Å². The van der Waals surface area contributed by atoms with Crippen LogP contribution in [-0.2, 0) is 20.9 Å². The SMILES string of the molecule is CCOC(=O)N1CCN(C(=O)C(C)n2cc(NC(=O)CCn3nccc3C)c(C)n2)CC1. The highest BCUT2D eigenvalue weighted by atomic mass is 16.6. The summed E-state index contributed by atoms with van der Waals surface area (Å²) in [6, 6.07) is 1.36. The summed E-state index contributed by atoms with van der Waals surface area (Å²) in [4.78, 5) is 40.5. The van der Waals surface area contributed by atoms with Gasteiger partial charge in [-0.2, -0.15) is 10.2 Å². The molecule has 1 unspecified atom stereocenters. The molecule has 0 bridgehead atoms. The lowest BCUT2D eigenvalue weighted by Crippen LogP contribution is -2.52. The van der Waals surface area contributed by atoms with Gasteiger partial charge in [0, 0.05) is 57.2 Å². The van der Waals surface area contributed by atoms with E-state index in [1.54, 1.807) is 52.3 Å². The molecular formula is C21H31N7O4. The second-order valence-electron chi connectivity index (χ2n) is 7.79. The number of aryl methyl sites for hydroxylation is 3. The van der Waals surface area contributed by atoms with E-state index in [1.807, 2.05) is 13.0 Å². The molecular weight excluding hydrogens is 414 g/mol. The summed E-state index contributed by atoms with van der Waals surface area (Å²) in [5.74, 6) is -0.223. The van der Waals surface area contributed by atoms with Crippen molar-refractivity contribution in [1.82, 2.24) is 29.4 Å². The number of ether oxygens (including phenoxy) is 1. The zero-order chi connectivity index (χ0) is 23.3. The Balaban J connectivity index is 1.54. The lowest BCUT2D eigenvalue weighted by Gasteiger charge is -2.35. The summed E-state index contributed by atoms with van der Waals surface area (Å²) in [5, 5.41) is 11.5. The topological polar surface area (TPSA) is 115 Å². The Morgan fingerprint density at radius 3 is 2.47 bits per heavy atom. The molecule has 0 aliphatic carbocycles. The van der Waals surface area contributed by atoms with Gasteiger partial charge in [0.25, 0.3) is 0 Å². The van der Waals surface area contributed by atoms with Gasteiger partial charge in [-0.05, 0) is 33.8 Å². The standard InChI is InChI=1S/C21H31N7O4/c1-5-32-21(31)26-12-10-25(11-13-26)20(30)17(4)28-14-18(16(3)24-28)23-19(29)7-9-27-15(2)6-8-22-27/h6,8,14,17H,5,7,9-13H2,1-4H3,(H,23,29). The van der Waals surface area contributed by atoms with Crippen LogP contribution >= 0.6 is 0 Å². The van der Waals surface area contributed by atoms with E-state index in [0.29, 0.717) is 50.7 Å². The van der Waals surface area contributed by atoms with E-state index in [2.05, 4.69) is 15.5 Å². The minimum Gasteiger partial charge on any atom is -0.450 e. The van der Waals surface area contributed by atoms with Gasteiger partial charge in [0.15, 0.2) is 0 Å². The molecule has 1 aliphatic rings. The molecule has 1 saturated heterocycles. The van der Waals surface area contributed by atoms with Crippen LogP contribution in [0.4, 0.5) is 10.5 Å². The molecule has 1 atom stereocenters. The molecule has 2 aromatic rings. The number of amides is 3. The van der Waals surface area contributed by atoms with Gasteiger partial charge in [-0.25, -0.2) is 4.79 Å². The highest BCUT2D eigenvalue weighted by Gasteiger charge is 2.29. The van der Waals surface area contributed by atoms with Gasteiger partial charge in [0.2, 0.25) is 11.8 Å². The molecule has 1 fully saturated rings. The fourth-order valence-corrected chi connectivity index (χ4v) is 3.56. The summed E-state index contributed by atoms with van der Waals surface area (Å²) in [6.07, 6.45) is 3.32. The number of hydrogen-bond acceptors (Lipinski definition) is 6. The van der Waals surface area contributed by atoms with Crippen LogP contribution in [-0.4, -0.2) is 80.1 Å². The average Bonchev–Trinajstić information content (AvgIpc) is 3.36. The molecule has 11 heteroatoms. The largest absolute Gasteiger partial charge is 0.450 e. The Labute approximate surface area is 187 Å². The van der Waals surface area contributed by atoms with Crippen LogP contribution in [0.3, 0.4) is 0 Å². The number of aromatic nitrogens is 4. The monoisotopic (exact) mass is 445 g/mol. The van der Waals surface area contributed by atoms with Crippen molar-refractivity contribution >= 4 is 23.6 Å². The molecule has 32 heavy (non-hydrogen) atoms. The second-order valence-corrected chi connectivity index (χ2v) is 7.79. The van der Waals surface area contributed by atoms with E-state index in [1.165, 1.54) is 0 Å². The summed E-state index contributed by atoms with van der Waals surface area (Å²) in [5.41, 5.74) is 2.22. The van der Waals surface area contributed by atoms with E-state index >= 15 is 0 Å². The molecule has 174 valence electrons. The molecule has 2 aromatic heterocycles. The van der Waals surface area contributed by atoms with Gasteiger partial charge < -0.3 is 19.9 Å². The number of rotatable bonds is 7. The number of anilines is 1. The Hall–Kier alpha value is -3.37. The Morgan fingerprint density at radius 1 is 1.16 bits per heavy atom. The maximum Gasteiger partial charge on any atom is 0.409 e. The molecule has 0 aromatic carbocycles. The smallest absolute Gasteiger partial charge is 0.409 e. The number of carbonyl (C=O) groups is 3. The predicted molar refractivity (Wildman–Crippen MR) is 117 cm³/mol. The van der Waals surface area contributed by atoms with E-state index in [4.69, 9.17) is 4.74 Å². The van der Waals surface area contributed by atoms with Gasteiger partial charge in [-0.1, -0.05) is 0 Å². The van der Waals surface area contributed by atoms with Crippen LogP contribution in [0.2, 0.25) is 0 Å². The second kappa shape index (κ2) is 10.3. The minimum atomic E-state index is -0.528. The first-order valence-electron chi connectivity index (χ1n) is 10.8. The van der Waals surface area contributed by atoms with Gasteiger partial charge in [0.05, 0.1) is 18.0 Å². The van der Waals surface area contributed by atoms with Crippen LogP contribution in [0.1, 0.15) is 37.7 Å². The highest BCUT2D eigenvalue weighted by Crippen LogP contribution is 2.19. The molecule has 0 saturated carbocycles. The lowest BCUT2D eigenvalue weighted by atomic mass is 10.2. The number of nitrogens with zero attached hydrogens (tertiary/aromatic N) is 6. The van der Waals surface area contributed by atoms with Crippen molar-refractivity contribution in [2.45, 2.75) is 46.7 Å². The summed E-state index contributed by atoms with van der Waals surface area (Å²) < 4.78 is 8.36. The number of nitrogens with one attached hydrogen (secondary N) is 1. The van der Waals surface area contributed by atoms with Crippen molar-refractivity contribution in [3.05, 3.63) is 29.8 Å². The fourth-order valence-electron chi connectivity index (χ4n) is 3.56. The van der Waals surface area contributed by atoms with Crippen molar-refractivity contribution in [1.29, 1.82) is 0 Å². The van der Waals surface area contributed by atoms with E-state index < -0.39 is 6.04 Å². The van der Waals surface area contributed by atoms with E-state index in [0.717, 1.165) is 5.69 Å². The minimum absolute atomic E-state index is 0.0805. The first kappa shape index (κ1) is 23.3. The van der Waals surface area contributed by atoms with Crippen molar-refractivity contribution in [3.8, 4) is 0 Å². The van der Waals surface area contributed by atoms with Crippen LogP contribution in [0, 0.1) is 13.8 Å². The Bertz CT molecular complexity index is 959. The molecule has 3 amide bonds. The molecule has 1 N–H and O–H groups in total.